The van der Waals surface area contributed by atoms with Crippen molar-refractivity contribution in [3.63, 3.8) is 0 Å². The number of Topliss-reactive ketones (excluding diaryl/α,β-unsaturated/α-hetero) is 1. The molecule has 1 saturated heterocycles. The third kappa shape index (κ3) is 6.59. The van der Waals surface area contributed by atoms with E-state index in [2.05, 4.69) is 54.6 Å². The van der Waals surface area contributed by atoms with Crippen LogP contribution in [0.3, 0.4) is 0 Å². The zero-order chi connectivity index (χ0) is 24.6. The van der Waals surface area contributed by atoms with Crippen molar-refractivity contribution in [1.82, 2.24) is 4.90 Å². The maximum atomic E-state index is 13.2. The Balaban J connectivity index is 1.67. The van der Waals surface area contributed by atoms with Crippen LogP contribution in [0.25, 0.3) is 0 Å². The zero-order valence-electron chi connectivity index (χ0n) is 20.7. The zero-order valence-corrected chi connectivity index (χ0v) is 21.5. The Hall–Kier alpha value is -2.40. The number of carbonyl (C=O) groups excluding carboxylic acids is 3. The maximum Gasteiger partial charge on any atom is 0.291 e. The van der Waals surface area contributed by atoms with Crippen LogP contribution in [0.15, 0.2) is 66.3 Å². The molecule has 1 heterocycles. The number of hydrogen-bond donors (Lipinski definition) is 0. The standard InChI is InChI=1S/C29H37NO3S/c1-4-29(2,3)26(31)27(32)30-20-13-12-18-25(30)28(33)34-21-19-24(23-16-10-7-11-17-23)22-14-8-5-6-9-15-22/h5,7-11,14-17,24-25H,4,6,12-13,18-21H2,1-3H3. The van der Waals surface area contributed by atoms with Crippen LogP contribution < -0.4 is 0 Å². The summed E-state index contributed by atoms with van der Waals surface area (Å²) >= 11 is 1.31. The summed E-state index contributed by atoms with van der Waals surface area (Å²) < 4.78 is 0. The summed E-state index contributed by atoms with van der Waals surface area (Å²) in [4.78, 5) is 40.6. The smallest absolute Gasteiger partial charge is 0.291 e. The summed E-state index contributed by atoms with van der Waals surface area (Å²) in [6, 6.07) is 9.91. The van der Waals surface area contributed by atoms with Crippen LogP contribution in [0.2, 0.25) is 0 Å². The highest BCUT2D eigenvalue weighted by Gasteiger charge is 2.39. The number of benzene rings is 1. The lowest BCUT2D eigenvalue weighted by Gasteiger charge is -2.35. The Morgan fingerprint density at radius 2 is 1.88 bits per heavy atom. The molecule has 2 atom stereocenters. The molecule has 34 heavy (non-hydrogen) atoms. The highest BCUT2D eigenvalue weighted by Crippen LogP contribution is 2.33. The first-order chi connectivity index (χ1) is 16.3. The van der Waals surface area contributed by atoms with E-state index < -0.39 is 17.4 Å². The number of hydrogen-bond acceptors (Lipinski definition) is 4. The van der Waals surface area contributed by atoms with Gasteiger partial charge < -0.3 is 4.90 Å². The molecule has 5 heteroatoms. The van der Waals surface area contributed by atoms with Crippen LogP contribution in [0.5, 0.6) is 0 Å². The minimum Gasteiger partial charge on any atom is -0.325 e. The van der Waals surface area contributed by atoms with Gasteiger partial charge in [0.05, 0.1) is 0 Å². The normalized spacial score (nSPS) is 19.3. The second kappa shape index (κ2) is 12.3. The molecule has 1 aromatic carbocycles. The van der Waals surface area contributed by atoms with E-state index in [1.54, 1.807) is 18.7 Å². The first kappa shape index (κ1) is 26.2. The molecule has 4 nitrogen and oxygen atoms in total. The van der Waals surface area contributed by atoms with Crippen molar-refractivity contribution < 1.29 is 14.4 Å². The monoisotopic (exact) mass is 479 g/mol. The van der Waals surface area contributed by atoms with Crippen LogP contribution in [0.4, 0.5) is 0 Å². The molecule has 3 rings (SSSR count). The lowest BCUT2D eigenvalue weighted by atomic mass is 9.84. The van der Waals surface area contributed by atoms with Gasteiger partial charge in [0.1, 0.15) is 6.04 Å². The van der Waals surface area contributed by atoms with Gasteiger partial charge >= 0.3 is 0 Å². The molecule has 0 aromatic heterocycles. The van der Waals surface area contributed by atoms with E-state index >= 15 is 0 Å². The Kier molecular flexibility index (Phi) is 9.52. The van der Waals surface area contributed by atoms with Crippen molar-refractivity contribution in [2.45, 2.75) is 71.3 Å². The molecule has 182 valence electrons. The molecule has 0 radical (unpaired) electrons. The average molecular weight is 480 g/mol. The Labute approximate surface area is 208 Å². The van der Waals surface area contributed by atoms with Crippen LogP contribution in [-0.4, -0.2) is 40.0 Å². The quantitative estimate of drug-likeness (QED) is 0.393. The first-order valence-electron chi connectivity index (χ1n) is 12.5. The number of nitrogens with zero attached hydrogens (tertiary/aromatic N) is 1. The number of amides is 1. The van der Waals surface area contributed by atoms with E-state index in [1.165, 1.54) is 22.9 Å². The van der Waals surface area contributed by atoms with Gasteiger partial charge in [0.15, 0.2) is 0 Å². The fourth-order valence-electron chi connectivity index (χ4n) is 4.41. The molecule has 0 saturated carbocycles. The Morgan fingerprint density at radius 3 is 2.62 bits per heavy atom. The summed E-state index contributed by atoms with van der Waals surface area (Å²) in [5.41, 5.74) is 1.78. The van der Waals surface area contributed by atoms with E-state index in [4.69, 9.17) is 0 Å². The number of likely N-dealkylation sites (tertiary alicyclic amines) is 1. The predicted molar refractivity (Wildman–Crippen MR) is 141 cm³/mol. The largest absolute Gasteiger partial charge is 0.325 e. The molecule has 2 aliphatic rings. The first-order valence-corrected chi connectivity index (χ1v) is 13.4. The molecule has 2 unspecified atom stereocenters. The van der Waals surface area contributed by atoms with E-state index in [1.807, 2.05) is 13.0 Å². The number of rotatable bonds is 9. The number of carbonyl (C=O) groups is 3. The van der Waals surface area contributed by atoms with Crippen molar-refractivity contribution in [1.29, 1.82) is 0 Å². The molecular weight excluding hydrogens is 442 g/mol. The molecular formula is C29H37NO3S. The Bertz CT molecular complexity index is 961. The topological polar surface area (TPSA) is 54.5 Å². The molecule has 0 spiro atoms. The molecule has 1 aromatic rings. The molecule has 1 amide bonds. The lowest BCUT2D eigenvalue weighted by molar-refractivity contribution is -0.152. The van der Waals surface area contributed by atoms with Gasteiger partial charge in [0, 0.05) is 23.6 Å². The van der Waals surface area contributed by atoms with Gasteiger partial charge in [-0.3, -0.25) is 14.4 Å². The SMILES string of the molecule is CCC(C)(C)C(=O)C(=O)N1CCCCC1C(=O)SCCC(C1=CC=CCC=C1)c1ccccc1. The Morgan fingerprint density at radius 1 is 1.12 bits per heavy atom. The minimum absolute atomic E-state index is 0.00671. The molecule has 1 fully saturated rings. The fraction of sp³-hybridized carbons (Fsp3) is 0.483. The summed E-state index contributed by atoms with van der Waals surface area (Å²) in [5, 5.41) is 0.00671. The molecule has 1 aliphatic heterocycles. The average Bonchev–Trinajstić information content (AvgIpc) is 3.15. The predicted octanol–water partition coefficient (Wildman–Crippen LogP) is 6.25. The molecule has 1 aliphatic carbocycles. The van der Waals surface area contributed by atoms with Gasteiger partial charge in [-0.05, 0) is 49.7 Å². The van der Waals surface area contributed by atoms with Gasteiger partial charge in [-0.15, -0.1) is 0 Å². The van der Waals surface area contributed by atoms with Crippen molar-refractivity contribution in [3.8, 4) is 0 Å². The van der Waals surface area contributed by atoms with Crippen molar-refractivity contribution >= 4 is 28.6 Å². The van der Waals surface area contributed by atoms with Crippen molar-refractivity contribution in [3.05, 3.63) is 71.8 Å². The second-order valence-electron chi connectivity index (χ2n) is 9.73. The van der Waals surface area contributed by atoms with Gasteiger partial charge in [-0.25, -0.2) is 0 Å². The van der Waals surface area contributed by atoms with E-state index in [-0.39, 0.29) is 16.8 Å². The third-order valence-electron chi connectivity index (χ3n) is 6.99. The van der Waals surface area contributed by atoms with Crippen molar-refractivity contribution in [2.75, 3.05) is 12.3 Å². The number of ketones is 1. The second-order valence-corrected chi connectivity index (χ2v) is 10.8. The molecule has 0 bridgehead atoms. The summed E-state index contributed by atoms with van der Waals surface area (Å²) in [6.07, 6.45) is 15.5. The van der Waals surface area contributed by atoms with Gasteiger partial charge in [-0.1, -0.05) is 93.2 Å². The summed E-state index contributed by atoms with van der Waals surface area (Å²) in [5.74, 6) is -0.00561. The van der Waals surface area contributed by atoms with Gasteiger partial charge in [0.2, 0.25) is 10.9 Å². The summed E-state index contributed by atoms with van der Waals surface area (Å²) in [7, 11) is 0. The number of thioether (sulfide) groups is 1. The minimum atomic E-state index is -0.702. The summed E-state index contributed by atoms with van der Waals surface area (Å²) in [6.45, 7) is 6.01. The van der Waals surface area contributed by atoms with E-state index in [0.29, 0.717) is 25.1 Å². The van der Waals surface area contributed by atoms with Crippen LogP contribution >= 0.6 is 11.8 Å². The highest BCUT2D eigenvalue weighted by molar-refractivity contribution is 8.13. The van der Waals surface area contributed by atoms with E-state index in [0.717, 1.165) is 25.7 Å². The van der Waals surface area contributed by atoms with Crippen molar-refractivity contribution in [2.24, 2.45) is 5.41 Å². The van der Waals surface area contributed by atoms with Crippen LogP contribution in [0, 0.1) is 5.41 Å². The van der Waals surface area contributed by atoms with Crippen LogP contribution in [-0.2, 0) is 14.4 Å². The number of allylic oxidation sites excluding steroid dienone is 6. The van der Waals surface area contributed by atoms with Gasteiger partial charge in [-0.2, -0.15) is 0 Å². The van der Waals surface area contributed by atoms with Crippen LogP contribution in [0.1, 0.15) is 70.8 Å². The highest BCUT2D eigenvalue weighted by atomic mass is 32.2. The third-order valence-corrected chi connectivity index (χ3v) is 7.99. The number of piperidine rings is 1. The molecule has 0 N–H and O–H groups in total. The lowest BCUT2D eigenvalue weighted by Crippen LogP contribution is -2.52. The fourth-order valence-corrected chi connectivity index (χ4v) is 5.41. The van der Waals surface area contributed by atoms with Gasteiger partial charge in [0.25, 0.3) is 5.91 Å². The maximum absolute atomic E-state index is 13.2. The van der Waals surface area contributed by atoms with E-state index in [9.17, 15) is 14.4 Å².